The van der Waals surface area contributed by atoms with Crippen molar-refractivity contribution in [1.29, 1.82) is 0 Å². The van der Waals surface area contributed by atoms with Crippen molar-refractivity contribution in [1.82, 2.24) is 14.7 Å². The van der Waals surface area contributed by atoms with Crippen molar-refractivity contribution in [2.24, 2.45) is 0 Å². The normalized spacial score (nSPS) is 16.8. The van der Waals surface area contributed by atoms with Gasteiger partial charge in [0.05, 0.1) is 6.04 Å². The van der Waals surface area contributed by atoms with Gasteiger partial charge in [0.2, 0.25) is 5.91 Å². The lowest BCUT2D eigenvalue weighted by Gasteiger charge is -2.32. The van der Waals surface area contributed by atoms with Gasteiger partial charge in [0, 0.05) is 44.7 Å². The smallest absolute Gasteiger partial charge is 0.224 e. The summed E-state index contributed by atoms with van der Waals surface area (Å²) in [5.41, 5.74) is 0. The lowest BCUT2D eigenvalue weighted by atomic mass is 10.1. The molecule has 2 heterocycles. The van der Waals surface area contributed by atoms with E-state index in [9.17, 15) is 9.18 Å². The van der Waals surface area contributed by atoms with Gasteiger partial charge in [-0.05, 0) is 25.1 Å². The SMILES string of the molecule is CC(CC(=O)N1CCC(Oc2ccccc2F)CC1)n1cccn1. The molecule has 1 aliphatic rings. The third-order valence-electron chi connectivity index (χ3n) is 4.37. The third-order valence-corrected chi connectivity index (χ3v) is 4.37. The van der Waals surface area contributed by atoms with Gasteiger partial charge in [-0.25, -0.2) is 4.39 Å². The number of amides is 1. The van der Waals surface area contributed by atoms with Gasteiger partial charge in [-0.2, -0.15) is 5.10 Å². The van der Waals surface area contributed by atoms with E-state index in [2.05, 4.69) is 5.10 Å². The molecule has 3 rings (SSSR count). The number of aromatic nitrogens is 2. The Morgan fingerprint density at radius 2 is 2.08 bits per heavy atom. The Morgan fingerprint density at radius 1 is 1.33 bits per heavy atom. The minimum atomic E-state index is -0.343. The molecule has 1 fully saturated rings. The first kappa shape index (κ1) is 16.5. The van der Waals surface area contributed by atoms with E-state index in [1.165, 1.54) is 6.07 Å². The minimum Gasteiger partial charge on any atom is -0.487 e. The second kappa shape index (κ2) is 7.47. The fourth-order valence-electron chi connectivity index (χ4n) is 2.96. The summed E-state index contributed by atoms with van der Waals surface area (Å²) in [6.07, 6.45) is 5.40. The summed E-state index contributed by atoms with van der Waals surface area (Å²) in [4.78, 5) is 14.3. The highest BCUT2D eigenvalue weighted by molar-refractivity contribution is 5.76. The summed E-state index contributed by atoms with van der Waals surface area (Å²) in [6, 6.07) is 8.33. The van der Waals surface area contributed by atoms with Crippen LogP contribution >= 0.6 is 0 Å². The number of hydrogen-bond donors (Lipinski definition) is 0. The van der Waals surface area contributed by atoms with Crippen molar-refractivity contribution in [3.8, 4) is 5.75 Å². The average Bonchev–Trinajstić information content (AvgIpc) is 3.12. The topological polar surface area (TPSA) is 47.4 Å². The Kier molecular flexibility index (Phi) is 5.13. The van der Waals surface area contributed by atoms with Crippen molar-refractivity contribution in [2.45, 2.75) is 38.3 Å². The van der Waals surface area contributed by atoms with E-state index in [1.54, 1.807) is 29.1 Å². The Bertz CT molecular complexity index is 667. The Labute approximate surface area is 141 Å². The maximum absolute atomic E-state index is 13.6. The van der Waals surface area contributed by atoms with Crippen molar-refractivity contribution in [2.75, 3.05) is 13.1 Å². The summed E-state index contributed by atoms with van der Waals surface area (Å²) in [5.74, 6) is 0.0703. The van der Waals surface area contributed by atoms with Crippen molar-refractivity contribution in [3.05, 3.63) is 48.5 Å². The Morgan fingerprint density at radius 3 is 2.75 bits per heavy atom. The molecule has 5 nitrogen and oxygen atoms in total. The molecule has 1 atom stereocenters. The zero-order valence-electron chi connectivity index (χ0n) is 13.8. The average molecular weight is 331 g/mol. The van der Waals surface area contributed by atoms with Crippen LogP contribution in [0.5, 0.6) is 5.75 Å². The zero-order chi connectivity index (χ0) is 16.9. The highest BCUT2D eigenvalue weighted by Crippen LogP contribution is 2.22. The molecule has 0 N–H and O–H groups in total. The number of hydrogen-bond acceptors (Lipinski definition) is 3. The van der Waals surface area contributed by atoms with E-state index in [0.717, 1.165) is 12.8 Å². The van der Waals surface area contributed by atoms with Gasteiger partial charge in [0.1, 0.15) is 6.10 Å². The van der Waals surface area contributed by atoms with Gasteiger partial charge < -0.3 is 9.64 Å². The van der Waals surface area contributed by atoms with Crippen LogP contribution in [0.4, 0.5) is 4.39 Å². The maximum Gasteiger partial charge on any atom is 0.224 e. The molecule has 1 unspecified atom stereocenters. The second-order valence-electron chi connectivity index (χ2n) is 6.17. The number of piperidine rings is 1. The summed E-state index contributed by atoms with van der Waals surface area (Å²) in [6.45, 7) is 3.27. The summed E-state index contributed by atoms with van der Waals surface area (Å²) in [5, 5.41) is 4.17. The minimum absolute atomic E-state index is 0.0416. The first-order valence-electron chi connectivity index (χ1n) is 8.31. The highest BCUT2D eigenvalue weighted by atomic mass is 19.1. The van der Waals surface area contributed by atoms with E-state index < -0.39 is 0 Å². The third kappa shape index (κ3) is 3.93. The van der Waals surface area contributed by atoms with Crippen molar-refractivity contribution in [3.63, 3.8) is 0 Å². The fraction of sp³-hybridized carbons (Fsp3) is 0.444. The van der Waals surface area contributed by atoms with Gasteiger partial charge in [-0.1, -0.05) is 12.1 Å². The van der Waals surface area contributed by atoms with Crippen molar-refractivity contribution >= 4 is 5.91 Å². The lowest BCUT2D eigenvalue weighted by Crippen LogP contribution is -2.42. The molecule has 128 valence electrons. The number of ether oxygens (including phenoxy) is 1. The van der Waals surface area contributed by atoms with Crippen LogP contribution in [0, 0.1) is 5.82 Å². The van der Waals surface area contributed by atoms with Crippen LogP contribution in [0.2, 0.25) is 0 Å². The number of carbonyl (C=O) groups is 1. The molecular formula is C18H22FN3O2. The standard InChI is InChI=1S/C18H22FN3O2/c1-14(22-10-4-9-20-22)13-18(23)21-11-7-15(8-12-21)24-17-6-3-2-5-16(17)19/h2-6,9-10,14-15H,7-8,11-13H2,1H3. The van der Waals surface area contributed by atoms with Crippen LogP contribution in [-0.4, -0.2) is 39.8 Å². The number of benzene rings is 1. The van der Waals surface area contributed by atoms with Crippen LogP contribution in [0.15, 0.2) is 42.7 Å². The molecule has 1 saturated heterocycles. The van der Waals surface area contributed by atoms with Gasteiger partial charge >= 0.3 is 0 Å². The van der Waals surface area contributed by atoms with E-state index in [1.807, 2.05) is 24.1 Å². The van der Waals surface area contributed by atoms with E-state index >= 15 is 0 Å². The molecule has 24 heavy (non-hydrogen) atoms. The first-order valence-corrected chi connectivity index (χ1v) is 8.31. The molecule has 1 aromatic carbocycles. The number of nitrogens with zero attached hydrogens (tertiary/aromatic N) is 3. The molecule has 0 aliphatic carbocycles. The van der Waals surface area contributed by atoms with Crippen LogP contribution in [0.3, 0.4) is 0 Å². The fourth-order valence-corrected chi connectivity index (χ4v) is 2.96. The van der Waals surface area contributed by atoms with Gasteiger partial charge in [0.25, 0.3) is 0 Å². The van der Waals surface area contributed by atoms with Gasteiger partial charge in [-0.15, -0.1) is 0 Å². The highest BCUT2D eigenvalue weighted by Gasteiger charge is 2.25. The van der Waals surface area contributed by atoms with Gasteiger partial charge in [-0.3, -0.25) is 9.48 Å². The zero-order valence-corrected chi connectivity index (χ0v) is 13.8. The number of likely N-dealkylation sites (tertiary alicyclic amines) is 1. The van der Waals surface area contributed by atoms with E-state index in [-0.39, 0.29) is 29.6 Å². The molecule has 1 aromatic heterocycles. The lowest BCUT2D eigenvalue weighted by molar-refractivity contribution is -0.133. The van der Waals surface area contributed by atoms with E-state index in [4.69, 9.17) is 4.74 Å². The maximum atomic E-state index is 13.6. The molecule has 0 radical (unpaired) electrons. The molecule has 6 heteroatoms. The Hall–Kier alpha value is -2.37. The summed E-state index contributed by atoms with van der Waals surface area (Å²) in [7, 11) is 0. The van der Waals surface area contributed by atoms with Crippen molar-refractivity contribution < 1.29 is 13.9 Å². The van der Waals surface area contributed by atoms with Gasteiger partial charge in [0.15, 0.2) is 11.6 Å². The summed E-state index contributed by atoms with van der Waals surface area (Å²) >= 11 is 0. The number of rotatable bonds is 5. The quantitative estimate of drug-likeness (QED) is 0.846. The van der Waals surface area contributed by atoms with Crippen LogP contribution < -0.4 is 4.74 Å². The van der Waals surface area contributed by atoms with Crippen LogP contribution in [0.1, 0.15) is 32.2 Å². The first-order chi connectivity index (χ1) is 11.6. The van der Waals surface area contributed by atoms with Crippen LogP contribution in [0.25, 0.3) is 0 Å². The second-order valence-corrected chi connectivity index (χ2v) is 6.17. The number of halogens is 1. The molecule has 1 amide bonds. The molecule has 0 spiro atoms. The molecule has 0 bridgehead atoms. The predicted molar refractivity (Wildman–Crippen MR) is 88.2 cm³/mol. The van der Waals surface area contributed by atoms with E-state index in [0.29, 0.717) is 19.5 Å². The summed E-state index contributed by atoms with van der Waals surface area (Å²) < 4.78 is 21.2. The Balaban J connectivity index is 1.48. The molecule has 2 aromatic rings. The van der Waals surface area contributed by atoms with Crippen LogP contribution in [-0.2, 0) is 4.79 Å². The number of carbonyl (C=O) groups excluding carboxylic acids is 1. The molecule has 1 aliphatic heterocycles. The molecule has 0 saturated carbocycles. The monoisotopic (exact) mass is 331 g/mol. The molecular weight excluding hydrogens is 309 g/mol. The largest absolute Gasteiger partial charge is 0.487 e. The predicted octanol–water partition coefficient (Wildman–Crippen LogP) is 3.04. The number of para-hydroxylation sites is 1.